The first kappa shape index (κ1) is 28.9. The van der Waals surface area contributed by atoms with Crippen LogP contribution < -0.4 is 14.8 Å². The van der Waals surface area contributed by atoms with Gasteiger partial charge in [-0.1, -0.05) is 72.8 Å². The molecule has 0 spiro atoms. The van der Waals surface area contributed by atoms with Crippen molar-refractivity contribution in [3.05, 3.63) is 131 Å². The molecule has 0 unspecified atom stereocenters. The molecule has 4 rings (SSSR count). The average Bonchev–Trinajstić information content (AvgIpc) is 2.88. The van der Waals surface area contributed by atoms with Crippen molar-refractivity contribution in [3.63, 3.8) is 0 Å². The van der Waals surface area contributed by atoms with Crippen molar-refractivity contribution in [3.8, 4) is 11.5 Å². The van der Waals surface area contributed by atoms with E-state index < -0.39 is 35.5 Å². The molecule has 0 aliphatic carbocycles. The monoisotopic (exact) mass is 563 g/mol. The Hall–Kier alpha value is -4.05. The highest BCUT2D eigenvalue weighted by atomic mass is 19.4. The molecule has 0 atom stereocenters. The second kappa shape index (κ2) is 12.0. The van der Waals surface area contributed by atoms with Gasteiger partial charge in [0.25, 0.3) is 0 Å². The van der Waals surface area contributed by atoms with E-state index in [1.165, 1.54) is 36.4 Å². The molecule has 0 aliphatic rings. The summed E-state index contributed by atoms with van der Waals surface area (Å²) in [5, 5.41) is 3.17. The molecule has 0 aliphatic heterocycles. The summed E-state index contributed by atoms with van der Waals surface area (Å²) in [6.45, 7) is 0.0713. The van der Waals surface area contributed by atoms with Crippen LogP contribution in [0.25, 0.3) is 0 Å². The van der Waals surface area contributed by atoms with Gasteiger partial charge in [-0.3, -0.25) is 0 Å². The van der Waals surface area contributed by atoms with Crippen molar-refractivity contribution in [1.29, 1.82) is 0 Å². The maximum absolute atomic E-state index is 14.3. The minimum Gasteiger partial charge on any atom is -0.406 e. The van der Waals surface area contributed by atoms with Crippen LogP contribution in [0.3, 0.4) is 0 Å². The van der Waals surface area contributed by atoms with Gasteiger partial charge in [0, 0.05) is 24.1 Å². The molecule has 0 aromatic heterocycles. The van der Waals surface area contributed by atoms with Gasteiger partial charge in [-0.05, 0) is 53.4 Å². The predicted octanol–water partition coefficient (Wildman–Crippen LogP) is 7.94. The molecule has 210 valence electrons. The van der Waals surface area contributed by atoms with Crippen molar-refractivity contribution in [1.82, 2.24) is 5.32 Å². The normalized spacial score (nSPS) is 12.3. The second-order valence-corrected chi connectivity index (χ2v) is 9.09. The van der Waals surface area contributed by atoms with E-state index in [-0.39, 0.29) is 19.5 Å². The summed E-state index contributed by atoms with van der Waals surface area (Å²) < 4.78 is 101. The summed E-state index contributed by atoms with van der Waals surface area (Å²) in [4.78, 5) is 0. The first-order valence-electron chi connectivity index (χ1n) is 12.1. The zero-order valence-electron chi connectivity index (χ0n) is 20.9. The number of ether oxygens (including phenoxy) is 2. The van der Waals surface area contributed by atoms with E-state index in [2.05, 4.69) is 14.8 Å². The third kappa shape index (κ3) is 7.75. The molecule has 0 fully saturated rings. The Morgan fingerprint density at radius 2 is 1.12 bits per heavy atom. The van der Waals surface area contributed by atoms with Crippen LogP contribution in [0.2, 0.25) is 0 Å². The second-order valence-electron chi connectivity index (χ2n) is 9.09. The Morgan fingerprint density at radius 3 is 1.65 bits per heavy atom. The topological polar surface area (TPSA) is 30.5 Å². The first-order valence-corrected chi connectivity index (χ1v) is 12.1. The lowest BCUT2D eigenvalue weighted by molar-refractivity contribution is -0.275. The molecule has 4 aromatic rings. The molecule has 10 heteroatoms. The summed E-state index contributed by atoms with van der Waals surface area (Å²) >= 11 is 0. The summed E-state index contributed by atoms with van der Waals surface area (Å²) in [7, 11) is 0. The fourth-order valence-corrected chi connectivity index (χ4v) is 4.62. The summed E-state index contributed by atoms with van der Waals surface area (Å²) in [6, 6.07) is 25.6. The number of alkyl halides is 6. The van der Waals surface area contributed by atoms with E-state index in [0.29, 0.717) is 16.7 Å². The molecule has 3 nitrogen and oxygen atoms in total. The van der Waals surface area contributed by atoms with Crippen LogP contribution in [0.15, 0.2) is 103 Å². The highest BCUT2D eigenvalue weighted by Crippen LogP contribution is 2.40. The lowest BCUT2D eigenvalue weighted by Crippen LogP contribution is -2.41. The number of rotatable bonds is 10. The lowest BCUT2D eigenvalue weighted by atomic mass is 9.70. The zero-order valence-corrected chi connectivity index (χ0v) is 20.9. The van der Waals surface area contributed by atoms with Crippen molar-refractivity contribution < 1.29 is 40.2 Å². The Morgan fingerprint density at radius 1 is 0.600 bits per heavy atom. The van der Waals surface area contributed by atoms with Gasteiger partial charge in [-0.15, -0.1) is 26.3 Å². The van der Waals surface area contributed by atoms with Crippen LogP contribution in [0.1, 0.15) is 22.3 Å². The highest BCUT2D eigenvalue weighted by molar-refractivity contribution is 5.47. The molecule has 0 saturated carbocycles. The van der Waals surface area contributed by atoms with Gasteiger partial charge in [-0.25, -0.2) is 4.39 Å². The third-order valence-electron chi connectivity index (χ3n) is 6.29. The molecule has 0 bridgehead atoms. The molecule has 0 saturated heterocycles. The Labute approximate surface area is 226 Å². The molecular formula is C30H24F7NO2. The molecule has 0 amide bonds. The molecular weight excluding hydrogens is 539 g/mol. The SMILES string of the molecule is Fc1ccccc1CNCC(Cc1ccccc1)(c1cccc(OC(F)(F)F)c1)c1cccc(OC(F)(F)F)c1. The highest BCUT2D eigenvalue weighted by Gasteiger charge is 2.38. The molecule has 1 N–H and O–H groups in total. The maximum atomic E-state index is 14.3. The third-order valence-corrected chi connectivity index (χ3v) is 6.29. The van der Waals surface area contributed by atoms with E-state index in [9.17, 15) is 30.7 Å². The summed E-state index contributed by atoms with van der Waals surface area (Å²) in [5.41, 5.74) is 0.549. The smallest absolute Gasteiger partial charge is 0.406 e. The van der Waals surface area contributed by atoms with Crippen LogP contribution >= 0.6 is 0 Å². The zero-order chi connectivity index (χ0) is 28.8. The Bertz CT molecular complexity index is 1350. The quantitative estimate of drug-likeness (QED) is 0.199. The van der Waals surface area contributed by atoms with Crippen LogP contribution in [0.4, 0.5) is 30.7 Å². The van der Waals surface area contributed by atoms with E-state index in [1.807, 2.05) is 0 Å². The molecule has 4 aromatic carbocycles. The molecule has 0 heterocycles. The predicted molar refractivity (Wildman–Crippen MR) is 135 cm³/mol. The fraction of sp³-hybridized carbons (Fsp3) is 0.200. The minimum atomic E-state index is -4.95. The molecule has 0 radical (unpaired) electrons. The summed E-state index contributed by atoms with van der Waals surface area (Å²) in [6.07, 6.45) is -9.74. The van der Waals surface area contributed by atoms with E-state index in [4.69, 9.17) is 0 Å². The van der Waals surface area contributed by atoms with Crippen molar-refractivity contribution in [2.24, 2.45) is 0 Å². The Balaban J connectivity index is 1.85. The van der Waals surface area contributed by atoms with Gasteiger partial charge >= 0.3 is 12.7 Å². The molecule has 40 heavy (non-hydrogen) atoms. The van der Waals surface area contributed by atoms with E-state index >= 15 is 0 Å². The number of halogens is 7. The van der Waals surface area contributed by atoms with Crippen molar-refractivity contribution in [2.45, 2.75) is 31.1 Å². The summed E-state index contributed by atoms with van der Waals surface area (Å²) in [5.74, 6) is -1.43. The van der Waals surface area contributed by atoms with Crippen LogP contribution in [-0.4, -0.2) is 19.3 Å². The standard InChI is InChI=1S/C30H24F7NO2/c31-27-15-5-4-10-22(27)19-38-20-28(18-21-8-2-1-3-9-21,23-11-6-13-25(16-23)39-29(32,33)34)24-12-7-14-26(17-24)40-30(35,36)37/h1-17,38H,18-20H2. The van der Waals surface area contributed by atoms with Crippen LogP contribution in [0.5, 0.6) is 11.5 Å². The number of hydrogen-bond acceptors (Lipinski definition) is 3. The first-order chi connectivity index (χ1) is 18.9. The van der Waals surface area contributed by atoms with Crippen molar-refractivity contribution in [2.75, 3.05) is 6.54 Å². The Kier molecular flexibility index (Phi) is 8.68. The van der Waals surface area contributed by atoms with Gasteiger partial charge in [0.15, 0.2) is 0 Å². The van der Waals surface area contributed by atoms with Gasteiger partial charge in [-0.2, -0.15) is 0 Å². The number of hydrogen-bond donors (Lipinski definition) is 1. The largest absolute Gasteiger partial charge is 0.573 e. The lowest BCUT2D eigenvalue weighted by Gasteiger charge is -2.36. The minimum absolute atomic E-state index is 0.0151. The van der Waals surface area contributed by atoms with E-state index in [1.54, 1.807) is 54.6 Å². The average molecular weight is 564 g/mol. The van der Waals surface area contributed by atoms with Crippen LogP contribution in [0, 0.1) is 5.82 Å². The van der Waals surface area contributed by atoms with Crippen molar-refractivity contribution >= 4 is 0 Å². The number of nitrogens with one attached hydrogen (secondary N) is 1. The maximum Gasteiger partial charge on any atom is 0.573 e. The van der Waals surface area contributed by atoms with Gasteiger partial charge < -0.3 is 14.8 Å². The van der Waals surface area contributed by atoms with Gasteiger partial charge in [0.1, 0.15) is 17.3 Å². The number of benzene rings is 4. The van der Waals surface area contributed by atoms with Gasteiger partial charge in [0.05, 0.1) is 0 Å². The van der Waals surface area contributed by atoms with Crippen LogP contribution in [-0.2, 0) is 18.4 Å². The van der Waals surface area contributed by atoms with E-state index in [0.717, 1.165) is 17.7 Å². The van der Waals surface area contributed by atoms with Gasteiger partial charge in [0.2, 0.25) is 0 Å². The fourth-order valence-electron chi connectivity index (χ4n) is 4.62.